The van der Waals surface area contributed by atoms with Gasteiger partial charge in [-0.3, -0.25) is 4.79 Å². The Morgan fingerprint density at radius 3 is 2.27 bits per heavy atom. The molecule has 1 fully saturated rings. The molecule has 7 nitrogen and oxygen atoms in total. The number of hydrogen-bond acceptors (Lipinski definition) is 5. The van der Waals surface area contributed by atoms with Crippen molar-refractivity contribution < 1.29 is 22.3 Å². The van der Waals surface area contributed by atoms with Gasteiger partial charge in [0, 0.05) is 38.4 Å². The fraction of sp³-hybridized carbons (Fsp3) is 0.381. The van der Waals surface area contributed by atoms with Crippen LogP contribution in [0.4, 0.5) is 10.1 Å². The van der Waals surface area contributed by atoms with Crippen molar-refractivity contribution in [1.29, 1.82) is 0 Å². The Bertz CT molecular complexity index is 941. The van der Waals surface area contributed by atoms with Crippen LogP contribution in [0.1, 0.15) is 5.56 Å². The molecule has 0 bridgehead atoms. The maximum atomic E-state index is 12.9. The molecule has 1 aliphatic rings. The van der Waals surface area contributed by atoms with Gasteiger partial charge >= 0.3 is 0 Å². The van der Waals surface area contributed by atoms with E-state index >= 15 is 0 Å². The predicted octanol–water partition coefficient (Wildman–Crippen LogP) is 1.64. The smallest absolute Gasteiger partial charge is 0.224 e. The monoisotopic (exact) mass is 435 g/mol. The minimum atomic E-state index is -3.45. The van der Waals surface area contributed by atoms with Crippen molar-refractivity contribution in [2.24, 2.45) is 0 Å². The Hall–Kier alpha value is -2.65. The van der Waals surface area contributed by atoms with Crippen LogP contribution in [0, 0.1) is 5.82 Å². The quantitative estimate of drug-likeness (QED) is 0.682. The lowest BCUT2D eigenvalue weighted by Crippen LogP contribution is -2.50. The summed E-state index contributed by atoms with van der Waals surface area (Å²) in [5.74, 6) is -0.0232. The van der Waals surface area contributed by atoms with E-state index < -0.39 is 10.0 Å². The molecular formula is C21H26FN3O4S. The molecule has 0 aromatic heterocycles. The maximum Gasteiger partial charge on any atom is 0.224 e. The molecule has 0 atom stereocenters. The van der Waals surface area contributed by atoms with Crippen molar-refractivity contribution in [2.75, 3.05) is 50.5 Å². The average Bonchev–Trinajstić information content (AvgIpc) is 2.75. The number of anilines is 1. The molecule has 2 aromatic carbocycles. The SMILES string of the molecule is COc1ccc(N2CCN(S(=O)(=O)CCNC(=O)Cc3ccc(F)cc3)CC2)cc1. The van der Waals surface area contributed by atoms with Gasteiger partial charge in [-0.2, -0.15) is 4.31 Å². The number of benzene rings is 2. The second-order valence-electron chi connectivity index (χ2n) is 7.05. The molecule has 162 valence electrons. The van der Waals surface area contributed by atoms with Gasteiger partial charge in [-0.15, -0.1) is 0 Å². The summed E-state index contributed by atoms with van der Waals surface area (Å²) in [6.45, 7) is 2.04. The van der Waals surface area contributed by atoms with Crippen LogP contribution in [-0.4, -0.2) is 64.2 Å². The first-order chi connectivity index (χ1) is 14.4. The zero-order chi connectivity index (χ0) is 21.6. The number of amides is 1. The molecule has 1 heterocycles. The van der Waals surface area contributed by atoms with Crippen molar-refractivity contribution in [2.45, 2.75) is 6.42 Å². The number of nitrogens with one attached hydrogen (secondary N) is 1. The summed E-state index contributed by atoms with van der Waals surface area (Å²) in [5, 5.41) is 2.63. The summed E-state index contributed by atoms with van der Waals surface area (Å²) in [6, 6.07) is 13.3. The van der Waals surface area contributed by atoms with Gasteiger partial charge in [-0.25, -0.2) is 12.8 Å². The van der Waals surface area contributed by atoms with Crippen LogP contribution >= 0.6 is 0 Å². The molecular weight excluding hydrogens is 409 g/mol. The lowest BCUT2D eigenvalue weighted by molar-refractivity contribution is -0.120. The van der Waals surface area contributed by atoms with E-state index in [4.69, 9.17) is 4.74 Å². The highest BCUT2D eigenvalue weighted by Crippen LogP contribution is 2.21. The van der Waals surface area contributed by atoms with Crippen LogP contribution in [0.2, 0.25) is 0 Å². The molecule has 0 radical (unpaired) electrons. The van der Waals surface area contributed by atoms with Gasteiger partial charge in [-0.05, 0) is 42.0 Å². The Kier molecular flexibility index (Phi) is 7.28. The van der Waals surface area contributed by atoms with Crippen molar-refractivity contribution in [3.8, 4) is 5.75 Å². The highest BCUT2D eigenvalue weighted by Gasteiger charge is 2.26. The number of carbonyl (C=O) groups is 1. The van der Waals surface area contributed by atoms with Gasteiger partial charge in [0.2, 0.25) is 15.9 Å². The Labute approximate surface area is 176 Å². The highest BCUT2D eigenvalue weighted by atomic mass is 32.2. The normalized spacial score (nSPS) is 15.1. The molecule has 3 rings (SSSR count). The summed E-state index contributed by atoms with van der Waals surface area (Å²) >= 11 is 0. The number of ether oxygens (including phenoxy) is 1. The van der Waals surface area contributed by atoms with E-state index in [2.05, 4.69) is 10.2 Å². The number of methoxy groups -OCH3 is 1. The summed E-state index contributed by atoms with van der Waals surface area (Å²) in [5.41, 5.74) is 1.70. The molecule has 0 spiro atoms. The molecule has 2 aromatic rings. The highest BCUT2D eigenvalue weighted by molar-refractivity contribution is 7.89. The van der Waals surface area contributed by atoms with E-state index in [1.54, 1.807) is 7.11 Å². The van der Waals surface area contributed by atoms with Crippen molar-refractivity contribution >= 4 is 21.6 Å². The average molecular weight is 436 g/mol. The number of carbonyl (C=O) groups excluding carboxylic acids is 1. The lowest BCUT2D eigenvalue weighted by Gasteiger charge is -2.35. The van der Waals surface area contributed by atoms with E-state index in [9.17, 15) is 17.6 Å². The minimum Gasteiger partial charge on any atom is -0.497 e. The number of nitrogens with zero attached hydrogens (tertiary/aromatic N) is 2. The van der Waals surface area contributed by atoms with E-state index in [1.807, 2.05) is 24.3 Å². The number of rotatable bonds is 8. The molecule has 9 heteroatoms. The van der Waals surface area contributed by atoms with Crippen molar-refractivity contribution in [3.63, 3.8) is 0 Å². The van der Waals surface area contributed by atoms with Crippen molar-refractivity contribution in [1.82, 2.24) is 9.62 Å². The zero-order valence-corrected chi connectivity index (χ0v) is 17.7. The minimum absolute atomic E-state index is 0.0427. The Morgan fingerprint density at radius 1 is 1.03 bits per heavy atom. The summed E-state index contributed by atoms with van der Waals surface area (Å²) in [7, 11) is -1.84. The Balaban J connectivity index is 1.43. The lowest BCUT2D eigenvalue weighted by atomic mass is 10.1. The molecule has 1 aliphatic heterocycles. The van der Waals surface area contributed by atoms with Gasteiger partial charge in [0.25, 0.3) is 0 Å². The fourth-order valence-corrected chi connectivity index (χ4v) is 4.65. The van der Waals surface area contributed by atoms with Gasteiger partial charge in [0.15, 0.2) is 0 Å². The first-order valence-corrected chi connectivity index (χ1v) is 11.4. The zero-order valence-electron chi connectivity index (χ0n) is 16.9. The van der Waals surface area contributed by atoms with Crippen molar-refractivity contribution in [3.05, 3.63) is 59.9 Å². The second-order valence-corrected chi connectivity index (χ2v) is 9.14. The van der Waals surface area contributed by atoms with Crippen LogP contribution in [0.25, 0.3) is 0 Å². The third-order valence-corrected chi connectivity index (χ3v) is 6.90. The summed E-state index contributed by atoms with van der Waals surface area (Å²) < 4.78 is 44.7. The van der Waals surface area contributed by atoms with E-state index in [0.29, 0.717) is 31.7 Å². The molecule has 1 saturated heterocycles. The topological polar surface area (TPSA) is 79.0 Å². The molecule has 0 unspecified atom stereocenters. The number of hydrogen-bond donors (Lipinski definition) is 1. The van der Waals surface area contributed by atoms with Crippen LogP contribution in [0.5, 0.6) is 5.75 Å². The molecule has 1 amide bonds. The molecule has 30 heavy (non-hydrogen) atoms. The van der Waals surface area contributed by atoms with Crippen LogP contribution in [0.3, 0.4) is 0 Å². The second kappa shape index (κ2) is 9.90. The van der Waals surface area contributed by atoms with Gasteiger partial charge < -0.3 is 15.0 Å². The largest absolute Gasteiger partial charge is 0.497 e. The number of halogens is 1. The van der Waals surface area contributed by atoms with Gasteiger partial charge in [0.05, 0.1) is 19.3 Å². The number of sulfonamides is 1. The molecule has 0 saturated carbocycles. The predicted molar refractivity (Wildman–Crippen MR) is 114 cm³/mol. The van der Waals surface area contributed by atoms with Crippen LogP contribution in [0.15, 0.2) is 48.5 Å². The first kappa shape index (κ1) is 22.0. The first-order valence-electron chi connectivity index (χ1n) is 9.75. The third kappa shape index (κ3) is 5.93. The van der Waals surface area contributed by atoms with Crippen LogP contribution in [-0.2, 0) is 21.2 Å². The summed E-state index contributed by atoms with van der Waals surface area (Å²) in [6.07, 6.45) is 0.0842. The molecule has 0 aliphatic carbocycles. The summed E-state index contributed by atoms with van der Waals surface area (Å²) in [4.78, 5) is 14.1. The van der Waals surface area contributed by atoms with E-state index in [1.165, 1.54) is 28.6 Å². The standard InChI is InChI=1S/C21H26FN3O4S/c1-29-20-8-6-19(7-9-20)24-11-13-25(14-12-24)30(27,28)15-10-23-21(26)16-17-2-4-18(22)5-3-17/h2-9H,10-16H2,1H3,(H,23,26). The van der Waals surface area contributed by atoms with Gasteiger partial charge in [0.1, 0.15) is 11.6 Å². The van der Waals surface area contributed by atoms with E-state index in [-0.39, 0.29) is 30.4 Å². The Morgan fingerprint density at radius 2 is 1.67 bits per heavy atom. The third-order valence-electron chi connectivity index (χ3n) is 5.03. The van der Waals surface area contributed by atoms with Gasteiger partial charge in [-0.1, -0.05) is 12.1 Å². The fourth-order valence-electron chi connectivity index (χ4n) is 3.32. The van der Waals surface area contributed by atoms with Crippen LogP contribution < -0.4 is 15.0 Å². The molecule has 1 N–H and O–H groups in total. The van der Waals surface area contributed by atoms with E-state index in [0.717, 1.165) is 11.4 Å². The number of piperazine rings is 1. The maximum absolute atomic E-state index is 12.9.